The first-order chi connectivity index (χ1) is 11.4. The maximum absolute atomic E-state index is 12.0. The molecule has 1 fully saturated rings. The Morgan fingerprint density at radius 3 is 2.42 bits per heavy atom. The van der Waals surface area contributed by atoms with E-state index in [1.807, 2.05) is 12.1 Å². The van der Waals surface area contributed by atoms with Crippen molar-refractivity contribution in [2.45, 2.75) is 51.1 Å². The van der Waals surface area contributed by atoms with E-state index in [2.05, 4.69) is 5.32 Å². The molecule has 1 aliphatic rings. The van der Waals surface area contributed by atoms with Crippen LogP contribution in [0.5, 0.6) is 0 Å². The SMILES string of the molecule is CS(=O)(=O)N(CCC(=O)NCc1ccc(Cl)cc1)C1CCCCC1. The summed E-state index contributed by atoms with van der Waals surface area (Å²) in [5, 5.41) is 3.48. The van der Waals surface area contributed by atoms with Crippen molar-refractivity contribution in [1.82, 2.24) is 9.62 Å². The maximum Gasteiger partial charge on any atom is 0.221 e. The fraction of sp³-hybridized carbons (Fsp3) is 0.588. The lowest BCUT2D eigenvalue weighted by Crippen LogP contribution is -2.42. The predicted octanol–water partition coefficient (Wildman–Crippen LogP) is 2.94. The predicted molar refractivity (Wildman–Crippen MR) is 96.3 cm³/mol. The van der Waals surface area contributed by atoms with Crippen molar-refractivity contribution in [1.29, 1.82) is 0 Å². The minimum absolute atomic E-state index is 0.0396. The normalized spacial score (nSPS) is 16.3. The van der Waals surface area contributed by atoms with Crippen LogP contribution in [0.15, 0.2) is 24.3 Å². The summed E-state index contributed by atoms with van der Waals surface area (Å²) in [5.41, 5.74) is 0.958. The minimum Gasteiger partial charge on any atom is -0.352 e. The maximum atomic E-state index is 12.0. The average Bonchev–Trinajstić information content (AvgIpc) is 2.54. The monoisotopic (exact) mass is 372 g/mol. The molecule has 2 rings (SSSR count). The van der Waals surface area contributed by atoms with E-state index in [1.165, 1.54) is 10.6 Å². The summed E-state index contributed by atoms with van der Waals surface area (Å²) in [6, 6.07) is 7.30. The zero-order chi connectivity index (χ0) is 17.6. The van der Waals surface area contributed by atoms with Crippen LogP contribution in [0.2, 0.25) is 5.02 Å². The summed E-state index contributed by atoms with van der Waals surface area (Å²) >= 11 is 5.83. The van der Waals surface area contributed by atoms with Gasteiger partial charge in [0.05, 0.1) is 6.26 Å². The van der Waals surface area contributed by atoms with Crippen LogP contribution < -0.4 is 5.32 Å². The van der Waals surface area contributed by atoms with Crippen LogP contribution in [0.3, 0.4) is 0 Å². The highest BCUT2D eigenvalue weighted by atomic mass is 35.5. The van der Waals surface area contributed by atoms with Gasteiger partial charge in [0.25, 0.3) is 0 Å². The molecule has 1 amide bonds. The van der Waals surface area contributed by atoms with E-state index in [0.717, 1.165) is 37.7 Å². The Kier molecular flexibility index (Phi) is 7.07. The van der Waals surface area contributed by atoms with Crippen LogP contribution in [0.25, 0.3) is 0 Å². The Balaban J connectivity index is 1.84. The zero-order valence-electron chi connectivity index (χ0n) is 14.0. The van der Waals surface area contributed by atoms with Crippen molar-refractivity contribution in [2.75, 3.05) is 12.8 Å². The number of carbonyl (C=O) groups is 1. The van der Waals surface area contributed by atoms with Crippen molar-refractivity contribution in [3.8, 4) is 0 Å². The Hall–Kier alpha value is -1.11. The molecule has 24 heavy (non-hydrogen) atoms. The number of nitrogens with one attached hydrogen (secondary N) is 1. The second-order valence-corrected chi connectivity index (χ2v) is 8.69. The van der Waals surface area contributed by atoms with Crippen molar-refractivity contribution < 1.29 is 13.2 Å². The number of sulfonamides is 1. The van der Waals surface area contributed by atoms with Crippen molar-refractivity contribution in [3.63, 3.8) is 0 Å². The second kappa shape index (κ2) is 8.83. The largest absolute Gasteiger partial charge is 0.352 e. The topological polar surface area (TPSA) is 66.5 Å². The molecular weight excluding hydrogens is 348 g/mol. The van der Waals surface area contributed by atoms with E-state index in [-0.39, 0.29) is 24.9 Å². The van der Waals surface area contributed by atoms with Gasteiger partial charge in [0, 0.05) is 30.6 Å². The molecule has 1 N–H and O–H groups in total. The van der Waals surface area contributed by atoms with Gasteiger partial charge in [-0.05, 0) is 30.5 Å². The van der Waals surface area contributed by atoms with Gasteiger partial charge in [-0.1, -0.05) is 43.0 Å². The molecule has 0 spiro atoms. The van der Waals surface area contributed by atoms with Crippen LogP contribution >= 0.6 is 11.6 Å². The number of benzene rings is 1. The van der Waals surface area contributed by atoms with Crippen molar-refractivity contribution >= 4 is 27.5 Å². The summed E-state index contributed by atoms with van der Waals surface area (Å²) in [7, 11) is -3.29. The van der Waals surface area contributed by atoms with E-state index in [0.29, 0.717) is 11.6 Å². The second-order valence-electron chi connectivity index (χ2n) is 6.32. The van der Waals surface area contributed by atoms with Gasteiger partial charge >= 0.3 is 0 Å². The molecule has 7 heteroatoms. The van der Waals surface area contributed by atoms with E-state index in [1.54, 1.807) is 12.1 Å². The molecule has 1 aromatic rings. The zero-order valence-corrected chi connectivity index (χ0v) is 15.6. The van der Waals surface area contributed by atoms with Crippen LogP contribution in [0.1, 0.15) is 44.1 Å². The number of hydrogen-bond donors (Lipinski definition) is 1. The number of hydrogen-bond acceptors (Lipinski definition) is 3. The molecule has 0 aromatic heterocycles. The van der Waals surface area contributed by atoms with Gasteiger partial charge in [-0.15, -0.1) is 0 Å². The quantitative estimate of drug-likeness (QED) is 0.800. The van der Waals surface area contributed by atoms with E-state index in [4.69, 9.17) is 11.6 Å². The third-order valence-corrected chi connectivity index (χ3v) is 5.95. The molecular formula is C17H25ClN2O3S. The number of rotatable bonds is 7. The van der Waals surface area contributed by atoms with Gasteiger partial charge in [0.15, 0.2) is 0 Å². The third-order valence-electron chi connectivity index (χ3n) is 4.37. The number of halogens is 1. The molecule has 134 valence electrons. The summed E-state index contributed by atoms with van der Waals surface area (Å²) < 4.78 is 25.6. The summed E-state index contributed by atoms with van der Waals surface area (Å²) in [6.07, 6.45) is 6.46. The van der Waals surface area contributed by atoms with E-state index in [9.17, 15) is 13.2 Å². The molecule has 0 bridgehead atoms. The van der Waals surface area contributed by atoms with Gasteiger partial charge in [-0.3, -0.25) is 4.79 Å². The molecule has 0 saturated heterocycles. The molecule has 0 unspecified atom stereocenters. The first-order valence-corrected chi connectivity index (χ1v) is 10.6. The van der Waals surface area contributed by atoms with Crippen LogP contribution in [-0.4, -0.2) is 37.5 Å². The molecule has 1 aliphatic carbocycles. The van der Waals surface area contributed by atoms with Gasteiger partial charge in [-0.2, -0.15) is 4.31 Å². The Labute approximate surface area is 149 Å². The molecule has 1 saturated carbocycles. The summed E-state index contributed by atoms with van der Waals surface area (Å²) in [5.74, 6) is -0.144. The first kappa shape index (κ1) is 19.2. The molecule has 5 nitrogen and oxygen atoms in total. The van der Waals surface area contributed by atoms with Crippen molar-refractivity contribution in [2.24, 2.45) is 0 Å². The summed E-state index contributed by atoms with van der Waals surface area (Å²) in [6.45, 7) is 0.661. The molecule has 0 radical (unpaired) electrons. The van der Waals surface area contributed by atoms with Gasteiger partial charge in [0.2, 0.25) is 15.9 Å². The fourth-order valence-corrected chi connectivity index (χ4v) is 4.39. The van der Waals surface area contributed by atoms with Crippen LogP contribution in [0.4, 0.5) is 0 Å². The van der Waals surface area contributed by atoms with Crippen LogP contribution in [-0.2, 0) is 21.4 Å². The molecule has 0 aliphatic heterocycles. The smallest absolute Gasteiger partial charge is 0.221 e. The van der Waals surface area contributed by atoms with Crippen LogP contribution in [0, 0.1) is 0 Å². The van der Waals surface area contributed by atoms with Gasteiger partial charge in [-0.25, -0.2) is 8.42 Å². The average molecular weight is 373 g/mol. The Bertz CT molecular complexity index is 640. The highest BCUT2D eigenvalue weighted by Gasteiger charge is 2.28. The fourth-order valence-electron chi connectivity index (χ4n) is 3.09. The number of amides is 1. The van der Waals surface area contributed by atoms with E-state index >= 15 is 0 Å². The number of nitrogens with zero attached hydrogens (tertiary/aromatic N) is 1. The number of carbonyl (C=O) groups excluding carboxylic acids is 1. The lowest BCUT2D eigenvalue weighted by molar-refractivity contribution is -0.121. The lowest BCUT2D eigenvalue weighted by Gasteiger charge is -2.32. The minimum atomic E-state index is -3.29. The highest BCUT2D eigenvalue weighted by molar-refractivity contribution is 7.88. The molecule has 0 heterocycles. The highest BCUT2D eigenvalue weighted by Crippen LogP contribution is 2.24. The van der Waals surface area contributed by atoms with Gasteiger partial charge < -0.3 is 5.32 Å². The van der Waals surface area contributed by atoms with Gasteiger partial charge in [0.1, 0.15) is 0 Å². The van der Waals surface area contributed by atoms with Crippen molar-refractivity contribution in [3.05, 3.63) is 34.9 Å². The molecule has 1 aromatic carbocycles. The summed E-state index contributed by atoms with van der Waals surface area (Å²) in [4.78, 5) is 12.0. The molecule has 0 atom stereocenters. The third kappa shape index (κ3) is 6.07. The van der Waals surface area contributed by atoms with E-state index < -0.39 is 10.0 Å². The Morgan fingerprint density at radius 2 is 1.83 bits per heavy atom. The standard InChI is InChI=1S/C17H25ClN2O3S/c1-24(22,23)20(16-5-3-2-4-6-16)12-11-17(21)19-13-14-7-9-15(18)10-8-14/h7-10,16H,2-6,11-13H2,1H3,(H,19,21). The lowest BCUT2D eigenvalue weighted by atomic mass is 9.95. The first-order valence-electron chi connectivity index (χ1n) is 8.34. The Morgan fingerprint density at radius 1 is 1.21 bits per heavy atom.